The summed E-state index contributed by atoms with van der Waals surface area (Å²) in [6, 6.07) is 8.89. The Morgan fingerprint density at radius 2 is 2.00 bits per heavy atom. The first-order valence-corrected chi connectivity index (χ1v) is 10.1. The van der Waals surface area contributed by atoms with Crippen LogP contribution in [0.2, 0.25) is 0 Å². The third kappa shape index (κ3) is 4.90. The highest BCUT2D eigenvalue weighted by Crippen LogP contribution is 2.25. The van der Waals surface area contributed by atoms with Crippen molar-refractivity contribution in [1.82, 2.24) is 14.8 Å². The Morgan fingerprint density at radius 1 is 1.31 bits per heavy atom. The summed E-state index contributed by atoms with van der Waals surface area (Å²) < 4.78 is 0. The van der Waals surface area contributed by atoms with Gasteiger partial charge in [-0.15, -0.1) is 11.3 Å². The van der Waals surface area contributed by atoms with Crippen molar-refractivity contribution in [2.45, 2.75) is 39.3 Å². The molecular formula is C20H27N3O2S. The molecule has 0 atom stereocenters. The highest BCUT2D eigenvalue weighted by Gasteiger charge is 2.25. The number of piperidine rings is 1. The van der Waals surface area contributed by atoms with Crippen molar-refractivity contribution < 1.29 is 9.90 Å². The number of thiazole rings is 1. The number of likely N-dealkylation sites (tertiary alicyclic amines) is 1. The van der Waals surface area contributed by atoms with Gasteiger partial charge in [0.2, 0.25) is 0 Å². The summed E-state index contributed by atoms with van der Waals surface area (Å²) in [6.07, 6.45) is 2.05. The summed E-state index contributed by atoms with van der Waals surface area (Å²) in [5.41, 5.74) is 3.57. The van der Waals surface area contributed by atoms with E-state index < -0.39 is 5.97 Å². The van der Waals surface area contributed by atoms with Gasteiger partial charge in [0.1, 0.15) is 5.01 Å². The van der Waals surface area contributed by atoms with Crippen LogP contribution < -0.4 is 0 Å². The van der Waals surface area contributed by atoms with E-state index in [0.29, 0.717) is 6.04 Å². The largest absolute Gasteiger partial charge is 0.480 e. The number of carboxylic acids is 1. The third-order valence-electron chi connectivity index (χ3n) is 5.05. The van der Waals surface area contributed by atoms with Crippen molar-refractivity contribution in [3.8, 4) is 10.6 Å². The van der Waals surface area contributed by atoms with Crippen LogP contribution in [-0.4, -0.2) is 58.1 Å². The van der Waals surface area contributed by atoms with Gasteiger partial charge in [0.05, 0.1) is 12.2 Å². The molecule has 0 aliphatic carbocycles. The lowest BCUT2D eigenvalue weighted by atomic mass is 10.0. The minimum atomic E-state index is -0.736. The van der Waals surface area contributed by atoms with E-state index in [1.54, 1.807) is 11.3 Å². The molecule has 140 valence electrons. The molecular weight excluding hydrogens is 346 g/mol. The number of carboxylic acid groups (broad SMARTS) is 1. The molecule has 3 rings (SSSR count). The lowest BCUT2D eigenvalue weighted by Gasteiger charge is -2.37. The zero-order valence-electron chi connectivity index (χ0n) is 15.5. The van der Waals surface area contributed by atoms with Crippen molar-refractivity contribution in [2.75, 3.05) is 26.2 Å². The average molecular weight is 374 g/mol. The molecule has 1 saturated heterocycles. The van der Waals surface area contributed by atoms with Crippen molar-refractivity contribution in [1.29, 1.82) is 0 Å². The third-order valence-corrected chi connectivity index (χ3v) is 5.99. The predicted molar refractivity (Wildman–Crippen MR) is 105 cm³/mol. The molecule has 0 bridgehead atoms. The van der Waals surface area contributed by atoms with Crippen LogP contribution in [-0.2, 0) is 11.3 Å². The van der Waals surface area contributed by atoms with Crippen LogP contribution in [0.4, 0.5) is 0 Å². The van der Waals surface area contributed by atoms with Crippen molar-refractivity contribution >= 4 is 17.3 Å². The van der Waals surface area contributed by atoms with Crippen molar-refractivity contribution in [2.24, 2.45) is 0 Å². The summed E-state index contributed by atoms with van der Waals surface area (Å²) in [4.78, 5) is 20.3. The maximum Gasteiger partial charge on any atom is 0.317 e. The highest BCUT2D eigenvalue weighted by atomic mass is 32.1. The maximum absolute atomic E-state index is 11.0. The van der Waals surface area contributed by atoms with E-state index in [1.165, 1.54) is 11.1 Å². The van der Waals surface area contributed by atoms with E-state index >= 15 is 0 Å². The first-order valence-electron chi connectivity index (χ1n) is 9.24. The van der Waals surface area contributed by atoms with Crippen LogP contribution in [0.25, 0.3) is 10.6 Å². The molecule has 0 unspecified atom stereocenters. The molecule has 1 fully saturated rings. The molecule has 5 nitrogen and oxygen atoms in total. The molecule has 2 aromatic rings. The van der Waals surface area contributed by atoms with Gasteiger partial charge in [-0.1, -0.05) is 36.8 Å². The number of hydrogen-bond donors (Lipinski definition) is 1. The Kier molecular flexibility index (Phi) is 6.40. The number of likely N-dealkylation sites (N-methyl/N-ethyl adjacent to an activating group) is 1. The number of benzene rings is 1. The van der Waals surface area contributed by atoms with Crippen LogP contribution in [0.1, 0.15) is 31.0 Å². The van der Waals surface area contributed by atoms with Gasteiger partial charge in [-0.25, -0.2) is 4.98 Å². The Balaban J connectivity index is 1.53. The van der Waals surface area contributed by atoms with E-state index in [0.717, 1.165) is 49.7 Å². The second kappa shape index (κ2) is 8.75. The first kappa shape index (κ1) is 19.0. The molecule has 1 aromatic heterocycles. The molecule has 1 N–H and O–H groups in total. The highest BCUT2D eigenvalue weighted by molar-refractivity contribution is 7.13. The number of aromatic nitrogens is 1. The summed E-state index contributed by atoms with van der Waals surface area (Å²) in [7, 11) is 0. The van der Waals surface area contributed by atoms with E-state index in [-0.39, 0.29) is 6.54 Å². The quantitative estimate of drug-likeness (QED) is 0.805. The zero-order valence-corrected chi connectivity index (χ0v) is 16.3. The average Bonchev–Trinajstić information content (AvgIpc) is 3.09. The standard InChI is InChI=1S/C20H27N3O2S/c1-3-23(13-19(24)25)18-8-10-22(11-9-18)12-17-14-26-20(21-17)16-6-4-15(2)5-7-16/h4-7,14,18H,3,8-13H2,1-2H3,(H,24,25). The predicted octanol–water partition coefficient (Wildman–Crippen LogP) is 3.49. The van der Waals surface area contributed by atoms with Gasteiger partial charge < -0.3 is 5.11 Å². The topological polar surface area (TPSA) is 56.7 Å². The van der Waals surface area contributed by atoms with E-state index in [9.17, 15) is 4.79 Å². The fourth-order valence-electron chi connectivity index (χ4n) is 3.55. The lowest BCUT2D eigenvalue weighted by molar-refractivity contribution is -0.139. The fourth-order valence-corrected chi connectivity index (χ4v) is 4.37. The number of aliphatic carboxylic acids is 1. The van der Waals surface area contributed by atoms with Crippen LogP contribution in [0, 0.1) is 6.92 Å². The normalized spacial score (nSPS) is 16.3. The minimum Gasteiger partial charge on any atom is -0.480 e. The van der Waals surface area contributed by atoms with Crippen LogP contribution in [0.3, 0.4) is 0 Å². The van der Waals surface area contributed by atoms with Gasteiger partial charge in [-0.2, -0.15) is 0 Å². The number of nitrogens with zero attached hydrogens (tertiary/aromatic N) is 3. The van der Waals surface area contributed by atoms with Crippen LogP contribution >= 0.6 is 11.3 Å². The molecule has 1 aliphatic rings. The molecule has 6 heteroatoms. The molecule has 0 amide bonds. The molecule has 1 aromatic carbocycles. The van der Waals surface area contributed by atoms with Crippen molar-refractivity contribution in [3.63, 3.8) is 0 Å². The minimum absolute atomic E-state index is 0.146. The molecule has 0 radical (unpaired) electrons. The summed E-state index contributed by atoms with van der Waals surface area (Å²) in [6.45, 7) is 7.95. The van der Waals surface area contributed by atoms with E-state index in [2.05, 4.69) is 46.4 Å². The smallest absolute Gasteiger partial charge is 0.317 e. The van der Waals surface area contributed by atoms with Gasteiger partial charge in [-0.05, 0) is 26.3 Å². The Labute approximate surface area is 159 Å². The molecule has 1 aliphatic heterocycles. The van der Waals surface area contributed by atoms with Crippen molar-refractivity contribution in [3.05, 3.63) is 40.9 Å². The van der Waals surface area contributed by atoms with Gasteiger partial charge in [0.25, 0.3) is 0 Å². The number of aryl methyl sites for hydroxylation is 1. The monoisotopic (exact) mass is 373 g/mol. The van der Waals surface area contributed by atoms with Gasteiger partial charge in [0.15, 0.2) is 0 Å². The number of rotatable bonds is 7. The lowest BCUT2D eigenvalue weighted by Crippen LogP contribution is -2.46. The van der Waals surface area contributed by atoms with Gasteiger partial charge >= 0.3 is 5.97 Å². The Bertz CT molecular complexity index is 721. The van der Waals surface area contributed by atoms with Gasteiger partial charge in [-0.3, -0.25) is 14.6 Å². The maximum atomic E-state index is 11.0. The molecule has 26 heavy (non-hydrogen) atoms. The zero-order chi connectivity index (χ0) is 18.5. The van der Waals surface area contributed by atoms with Crippen LogP contribution in [0.5, 0.6) is 0 Å². The molecule has 0 spiro atoms. The summed E-state index contributed by atoms with van der Waals surface area (Å²) >= 11 is 1.70. The molecule has 0 saturated carbocycles. The SMILES string of the molecule is CCN(CC(=O)O)C1CCN(Cc2csc(-c3ccc(C)cc3)n2)CC1. The summed E-state index contributed by atoms with van der Waals surface area (Å²) in [5, 5.41) is 12.3. The second-order valence-corrected chi connectivity index (χ2v) is 7.83. The molecule has 2 heterocycles. The fraction of sp³-hybridized carbons (Fsp3) is 0.500. The van der Waals surface area contributed by atoms with E-state index in [1.807, 2.05) is 6.92 Å². The van der Waals surface area contributed by atoms with E-state index in [4.69, 9.17) is 10.1 Å². The summed E-state index contributed by atoms with van der Waals surface area (Å²) in [5.74, 6) is -0.736. The van der Waals surface area contributed by atoms with Crippen LogP contribution in [0.15, 0.2) is 29.6 Å². The van der Waals surface area contributed by atoms with Gasteiger partial charge in [0, 0.05) is 36.6 Å². The first-order chi connectivity index (χ1) is 12.5. The Hall–Kier alpha value is -1.76. The number of carbonyl (C=O) groups is 1. The Morgan fingerprint density at radius 3 is 2.62 bits per heavy atom. The second-order valence-electron chi connectivity index (χ2n) is 6.97. The number of hydrogen-bond acceptors (Lipinski definition) is 5.